The monoisotopic (exact) mass is 378 g/mol. The van der Waals surface area contributed by atoms with Crippen LogP contribution in [0.1, 0.15) is 103 Å². The summed E-state index contributed by atoms with van der Waals surface area (Å²) in [7, 11) is 0. The van der Waals surface area contributed by atoms with Crippen molar-refractivity contribution in [2.24, 2.45) is 11.8 Å². The first-order valence-electron chi connectivity index (χ1n) is 10.2. The lowest BCUT2D eigenvalue weighted by Gasteiger charge is -2.07. The molecule has 1 aliphatic carbocycles. The molecule has 1 fully saturated rings. The maximum atomic E-state index is 8.93. The van der Waals surface area contributed by atoms with Gasteiger partial charge in [0.2, 0.25) is 0 Å². The fourth-order valence-electron chi connectivity index (χ4n) is 3.60. The number of hydrogen-bond acceptors (Lipinski definition) is 2. The van der Waals surface area contributed by atoms with E-state index in [0.29, 0.717) is 6.61 Å². The Morgan fingerprint density at radius 2 is 1.25 bits per heavy atom. The molecule has 2 atom stereocenters. The molecule has 144 valence electrons. The molecule has 0 unspecified atom stereocenters. The van der Waals surface area contributed by atoms with Crippen LogP contribution in [0.2, 0.25) is 0 Å². The summed E-state index contributed by atoms with van der Waals surface area (Å²) in [4.78, 5) is 17.9. The van der Waals surface area contributed by atoms with Crippen molar-refractivity contribution in [2.45, 2.75) is 103 Å². The largest absolute Gasteiger partial charge is 0.325 e. The van der Waals surface area contributed by atoms with Crippen molar-refractivity contribution >= 4 is 18.5 Å². The summed E-state index contributed by atoms with van der Waals surface area (Å²) < 4.78 is 4.81. The molecular formula is C19H39O3PS. The van der Waals surface area contributed by atoms with E-state index in [1.54, 1.807) is 0 Å². The van der Waals surface area contributed by atoms with Crippen LogP contribution in [-0.4, -0.2) is 16.4 Å². The highest BCUT2D eigenvalue weighted by atomic mass is 32.5. The van der Waals surface area contributed by atoms with Gasteiger partial charge in [0, 0.05) is 0 Å². The summed E-state index contributed by atoms with van der Waals surface area (Å²) in [5.41, 5.74) is 0. The van der Waals surface area contributed by atoms with E-state index in [0.717, 1.165) is 24.7 Å². The van der Waals surface area contributed by atoms with Gasteiger partial charge in [0.25, 0.3) is 0 Å². The van der Waals surface area contributed by atoms with Crippen LogP contribution in [0.5, 0.6) is 0 Å². The summed E-state index contributed by atoms with van der Waals surface area (Å²) in [5, 5.41) is 0. The summed E-state index contributed by atoms with van der Waals surface area (Å²) in [6.45, 7) is -0.762. The van der Waals surface area contributed by atoms with Crippen molar-refractivity contribution < 1.29 is 14.3 Å². The minimum absolute atomic E-state index is 0.381. The third-order valence-electron chi connectivity index (χ3n) is 5.23. The molecule has 5 heteroatoms. The molecular weight excluding hydrogens is 339 g/mol. The number of unbranched alkanes of at least 4 members (excludes halogenated alkanes) is 10. The molecule has 0 heterocycles. The van der Waals surface area contributed by atoms with Crippen molar-refractivity contribution in [1.82, 2.24) is 0 Å². The Morgan fingerprint density at radius 3 is 1.75 bits per heavy atom. The smallest absolute Gasteiger partial charge is 0.321 e. The molecule has 0 radical (unpaired) electrons. The van der Waals surface area contributed by atoms with Crippen LogP contribution in [0.25, 0.3) is 0 Å². The maximum Gasteiger partial charge on any atom is 0.321 e. The van der Waals surface area contributed by atoms with Crippen LogP contribution in [0, 0.1) is 11.8 Å². The lowest BCUT2D eigenvalue weighted by atomic mass is 10.0. The predicted octanol–water partition coefficient (Wildman–Crippen LogP) is 6.33. The number of hydrogen-bond donors (Lipinski definition) is 2. The second kappa shape index (κ2) is 13.7. The van der Waals surface area contributed by atoms with E-state index < -0.39 is 6.72 Å². The van der Waals surface area contributed by atoms with Crippen LogP contribution in [0.15, 0.2) is 0 Å². The molecule has 0 aromatic rings. The van der Waals surface area contributed by atoms with E-state index in [9.17, 15) is 0 Å². The Morgan fingerprint density at radius 1 is 0.792 bits per heavy atom. The zero-order chi connectivity index (χ0) is 17.7. The maximum absolute atomic E-state index is 8.93. The first-order valence-corrected chi connectivity index (χ1v) is 12.9. The molecule has 0 bridgehead atoms. The van der Waals surface area contributed by atoms with Crippen molar-refractivity contribution in [2.75, 3.05) is 6.61 Å². The predicted molar refractivity (Wildman–Crippen MR) is 107 cm³/mol. The van der Waals surface area contributed by atoms with E-state index >= 15 is 0 Å². The minimum atomic E-state index is -3.42. The van der Waals surface area contributed by atoms with Gasteiger partial charge in [0.05, 0.1) is 6.61 Å². The number of rotatable bonds is 17. The molecule has 0 aromatic carbocycles. The fraction of sp³-hybridized carbons (Fsp3) is 1.00. The fourth-order valence-corrected chi connectivity index (χ4v) is 4.19. The molecule has 1 saturated carbocycles. The van der Waals surface area contributed by atoms with Crippen molar-refractivity contribution in [3.8, 4) is 0 Å². The highest BCUT2D eigenvalue weighted by Crippen LogP contribution is 2.45. The first-order chi connectivity index (χ1) is 11.5. The van der Waals surface area contributed by atoms with Gasteiger partial charge >= 0.3 is 6.72 Å². The van der Waals surface area contributed by atoms with Crippen LogP contribution >= 0.6 is 6.72 Å². The molecule has 0 amide bonds. The van der Waals surface area contributed by atoms with Gasteiger partial charge in [-0.2, -0.15) is 0 Å². The second-order valence-corrected chi connectivity index (χ2v) is 10.2. The van der Waals surface area contributed by atoms with Gasteiger partial charge < -0.3 is 14.3 Å². The zero-order valence-electron chi connectivity index (χ0n) is 15.6. The quantitative estimate of drug-likeness (QED) is 0.229. The molecule has 0 spiro atoms. The van der Waals surface area contributed by atoms with E-state index in [4.69, 9.17) is 14.3 Å². The van der Waals surface area contributed by atoms with E-state index in [1.807, 2.05) is 0 Å². The highest BCUT2D eigenvalue weighted by Gasteiger charge is 2.34. The highest BCUT2D eigenvalue weighted by molar-refractivity contribution is 8.06. The summed E-state index contributed by atoms with van der Waals surface area (Å²) >= 11 is 4.41. The van der Waals surface area contributed by atoms with Gasteiger partial charge in [-0.3, -0.25) is 0 Å². The van der Waals surface area contributed by atoms with Gasteiger partial charge in [0.1, 0.15) is 0 Å². The zero-order valence-corrected chi connectivity index (χ0v) is 17.3. The van der Waals surface area contributed by atoms with Crippen LogP contribution in [0.4, 0.5) is 0 Å². The van der Waals surface area contributed by atoms with Gasteiger partial charge in [-0.25, -0.2) is 0 Å². The Hall–Kier alpha value is 0.530. The third kappa shape index (κ3) is 13.8. The minimum Gasteiger partial charge on any atom is -0.325 e. The van der Waals surface area contributed by atoms with Crippen LogP contribution < -0.4 is 0 Å². The molecule has 0 aromatic heterocycles. The Bertz CT molecular complexity index is 346. The molecule has 24 heavy (non-hydrogen) atoms. The molecule has 0 aliphatic heterocycles. The van der Waals surface area contributed by atoms with E-state index in [1.165, 1.54) is 83.5 Å². The molecule has 1 aliphatic rings. The van der Waals surface area contributed by atoms with Crippen molar-refractivity contribution in [3.63, 3.8) is 0 Å². The molecule has 1 rings (SSSR count). The topological polar surface area (TPSA) is 49.7 Å². The van der Waals surface area contributed by atoms with Crippen molar-refractivity contribution in [3.05, 3.63) is 0 Å². The Kier molecular flexibility index (Phi) is 12.9. The van der Waals surface area contributed by atoms with Gasteiger partial charge in [-0.05, 0) is 36.5 Å². The standard InChI is InChI=1S/C19H39O3PS/c1-2-3-4-5-8-11-14-18-17-19(18)15-12-9-6-7-10-13-16-22-23(20,21)24/h18-19H,2-17H2,1H3,(H2,20,21,24)/t18-,19+/m0/s1. The Balaban J connectivity index is 1.76. The van der Waals surface area contributed by atoms with Crippen LogP contribution in [0.3, 0.4) is 0 Å². The normalized spacial score (nSPS) is 20.5. The lowest BCUT2D eigenvalue weighted by Crippen LogP contribution is -1.92. The van der Waals surface area contributed by atoms with Gasteiger partial charge in [-0.1, -0.05) is 90.4 Å². The average molecular weight is 379 g/mol. The van der Waals surface area contributed by atoms with Gasteiger partial charge in [0.15, 0.2) is 0 Å². The second-order valence-electron chi connectivity index (χ2n) is 7.55. The SMILES string of the molecule is CCCCCCCC[C@H]1C[C@H]1CCCCCCCCOP(O)(O)=S. The van der Waals surface area contributed by atoms with E-state index in [-0.39, 0.29) is 0 Å². The molecule has 0 saturated heterocycles. The molecule has 2 N–H and O–H groups in total. The van der Waals surface area contributed by atoms with Crippen LogP contribution in [-0.2, 0) is 16.3 Å². The molecule has 3 nitrogen and oxygen atoms in total. The Labute approximate surface area is 154 Å². The summed E-state index contributed by atoms with van der Waals surface area (Å²) in [6, 6.07) is 0. The lowest BCUT2D eigenvalue weighted by molar-refractivity contribution is 0.245. The summed E-state index contributed by atoms with van der Waals surface area (Å²) in [6.07, 6.45) is 20.2. The average Bonchev–Trinajstić information content (AvgIpc) is 3.26. The third-order valence-corrected chi connectivity index (χ3v) is 6.06. The van der Waals surface area contributed by atoms with E-state index in [2.05, 4.69) is 18.7 Å². The van der Waals surface area contributed by atoms with Crippen molar-refractivity contribution in [1.29, 1.82) is 0 Å². The van der Waals surface area contributed by atoms with Gasteiger partial charge in [-0.15, -0.1) is 0 Å². The summed E-state index contributed by atoms with van der Waals surface area (Å²) in [5.74, 6) is 2.11. The first kappa shape index (κ1) is 22.6.